The van der Waals surface area contributed by atoms with Crippen molar-refractivity contribution in [1.29, 1.82) is 0 Å². The molecule has 0 radical (unpaired) electrons. The predicted octanol–water partition coefficient (Wildman–Crippen LogP) is 2.89. The van der Waals surface area contributed by atoms with Crippen molar-refractivity contribution in [3.63, 3.8) is 0 Å². The second-order valence-corrected chi connectivity index (χ2v) is 10.3. The van der Waals surface area contributed by atoms with Crippen LogP contribution < -0.4 is 15.8 Å². The summed E-state index contributed by atoms with van der Waals surface area (Å²) in [5, 5.41) is 4.37. The number of piperidine rings is 1. The molecular formula is C21H31N5O3S2. The van der Waals surface area contributed by atoms with Crippen LogP contribution in [0, 0.1) is 5.92 Å². The second kappa shape index (κ2) is 10.3. The quantitative estimate of drug-likeness (QED) is 0.474. The van der Waals surface area contributed by atoms with Crippen molar-refractivity contribution in [3.8, 4) is 0 Å². The summed E-state index contributed by atoms with van der Waals surface area (Å²) in [6, 6.07) is 0. The Kier molecular flexibility index (Phi) is 7.50. The van der Waals surface area contributed by atoms with Crippen LogP contribution in [0.5, 0.6) is 0 Å². The van der Waals surface area contributed by atoms with Gasteiger partial charge in [-0.25, -0.2) is 4.98 Å². The number of ether oxygens (including phenoxy) is 1. The molecule has 4 rings (SSSR count). The molecule has 2 saturated heterocycles. The normalized spacial score (nSPS) is 19.9. The van der Waals surface area contributed by atoms with Crippen molar-refractivity contribution in [1.82, 2.24) is 19.9 Å². The monoisotopic (exact) mass is 465 g/mol. The van der Waals surface area contributed by atoms with E-state index in [0.717, 1.165) is 62.8 Å². The van der Waals surface area contributed by atoms with E-state index in [1.807, 2.05) is 6.92 Å². The fraction of sp³-hybridized carbons (Fsp3) is 0.714. The van der Waals surface area contributed by atoms with Gasteiger partial charge in [0.2, 0.25) is 5.91 Å². The van der Waals surface area contributed by atoms with E-state index in [1.165, 1.54) is 23.1 Å². The van der Waals surface area contributed by atoms with E-state index in [-0.39, 0.29) is 23.3 Å². The summed E-state index contributed by atoms with van der Waals surface area (Å²) in [7, 11) is 0. The Morgan fingerprint density at radius 1 is 1.29 bits per heavy atom. The standard InChI is InChI=1S/C21H31N5O3S2/c1-3-8-26-19(28)17-18(23-20(31-17)25-9-6-14(2)7-10-25)24-21(26)30-13-16(27)22-12-15-5-4-11-29-15/h14-15H,3-13H2,1-2H3,(H,22,27). The third kappa shape index (κ3) is 5.40. The van der Waals surface area contributed by atoms with Gasteiger partial charge < -0.3 is 15.0 Å². The summed E-state index contributed by atoms with van der Waals surface area (Å²) in [4.78, 5) is 37.1. The van der Waals surface area contributed by atoms with Crippen molar-refractivity contribution in [2.24, 2.45) is 5.92 Å². The maximum Gasteiger partial charge on any atom is 0.273 e. The third-order valence-corrected chi connectivity index (χ3v) is 7.92. The molecule has 2 aromatic heterocycles. The van der Waals surface area contributed by atoms with Gasteiger partial charge in [-0.05, 0) is 38.0 Å². The number of thiazole rings is 1. The molecule has 1 unspecified atom stereocenters. The zero-order chi connectivity index (χ0) is 21.8. The van der Waals surface area contributed by atoms with Crippen molar-refractivity contribution >= 4 is 44.5 Å². The van der Waals surface area contributed by atoms with Gasteiger partial charge in [0.15, 0.2) is 15.9 Å². The van der Waals surface area contributed by atoms with Crippen LogP contribution in [0.25, 0.3) is 10.3 Å². The van der Waals surface area contributed by atoms with Gasteiger partial charge in [-0.1, -0.05) is 36.9 Å². The molecule has 0 spiro atoms. The fourth-order valence-corrected chi connectivity index (χ4v) is 5.81. The van der Waals surface area contributed by atoms with Crippen LogP contribution in [-0.2, 0) is 16.1 Å². The summed E-state index contributed by atoms with van der Waals surface area (Å²) in [6.45, 7) is 8.14. The lowest BCUT2D eigenvalue weighted by Crippen LogP contribution is -2.33. The Morgan fingerprint density at radius 3 is 2.81 bits per heavy atom. The number of carbonyl (C=O) groups excluding carboxylic acids is 1. The van der Waals surface area contributed by atoms with Crippen molar-refractivity contribution in [3.05, 3.63) is 10.4 Å². The summed E-state index contributed by atoms with van der Waals surface area (Å²) in [5.41, 5.74) is 0.446. The van der Waals surface area contributed by atoms with Gasteiger partial charge >= 0.3 is 0 Å². The molecule has 31 heavy (non-hydrogen) atoms. The van der Waals surface area contributed by atoms with E-state index in [1.54, 1.807) is 4.57 Å². The number of rotatable bonds is 8. The number of hydrogen-bond acceptors (Lipinski definition) is 8. The molecule has 0 aliphatic carbocycles. The molecule has 1 N–H and O–H groups in total. The molecule has 170 valence electrons. The lowest BCUT2D eigenvalue weighted by molar-refractivity contribution is -0.119. The number of carbonyl (C=O) groups is 1. The van der Waals surface area contributed by atoms with Crippen LogP contribution in [0.4, 0.5) is 5.13 Å². The van der Waals surface area contributed by atoms with E-state index in [9.17, 15) is 9.59 Å². The number of nitrogens with one attached hydrogen (secondary N) is 1. The van der Waals surface area contributed by atoms with Crippen LogP contribution in [0.2, 0.25) is 0 Å². The minimum Gasteiger partial charge on any atom is -0.376 e. The van der Waals surface area contributed by atoms with E-state index >= 15 is 0 Å². The Labute approximate surface area is 190 Å². The molecule has 4 heterocycles. The molecule has 2 aliphatic rings. The highest BCUT2D eigenvalue weighted by Crippen LogP contribution is 2.30. The van der Waals surface area contributed by atoms with Gasteiger partial charge in [-0.2, -0.15) is 4.98 Å². The van der Waals surface area contributed by atoms with Crippen molar-refractivity contribution in [2.75, 3.05) is 36.9 Å². The Bertz CT molecular complexity index is 962. The van der Waals surface area contributed by atoms with Crippen molar-refractivity contribution < 1.29 is 9.53 Å². The Balaban J connectivity index is 1.49. The topological polar surface area (TPSA) is 89.3 Å². The van der Waals surface area contributed by atoms with Crippen molar-refractivity contribution in [2.45, 2.75) is 63.8 Å². The van der Waals surface area contributed by atoms with Gasteiger partial charge in [0.1, 0.15) is 4.70 Å². The molecule has 2 aliphatic heterocycles. The van der Waals surface area contributed by atoms with Gasteiger partial charge in [0.05, 0.1) is 11.9 Å². The molecule has 10 heteroatoms. The van der Waals surface area contributed by atoms with Crippen LogP contribution in [0.3, 0.4) is 0 Å². The lowest BCUT2D eigenvalue weighted by atomic mass is 10.00. The smallest absolute Gasteiger partial charge is 0.273 e. The average Bonchev–Trinajstić information content (AvgIpc) is 3.43. The predicted molar refractivity (Wildman–Crippen MR) is 125 cm³/mol. The van der Waals surface area contributed by atoms with Gasteiger partial charge in [-0.3, -0.25) is 14.2 Å². The first-order valence-electron chi connectivity index (χ1n) is 11.2. The minimum absolute atomic E-state index is 0.0526. The zero-order valence-electron chi connectivity index (χ0n) is 18.3. The van der Waals surface area contributed by atoms with E-state index in [4.69, 9.17) is 4.74 Å². The lowest BCUT2D eigenvalue weighted by Gasteiger charge is -2.29. The van der Waals surface area contributed by atoms with Crippen LogP contribution >= 0.6 is 23.1 Å². The summed E-state index contributed by atoms with van der Waals surface area (Å²) in [5.74, 6) is 0.884. The van der Waals surface area contributed by atoms with E-state index in [2.05, 4.69) is 27.1 Å². The van der Waals surface area contributed by atoms with Crippen LogP contribution in [0.1, 0.15) is 46.0 Å². The molecule has 2 aromatic rings. The molecule has 0 saturated carbocycles. The fourth-order valence-electron chi connectivity index (χ4n) is 3.96. The molecule has 1 amide bonds. The van der Waals surface area contributed by atoms with Crippen LogP contribution in [-0.4, -0.2) is 58.5 Å². The van der Waals surface area contributed by atoms with Gasteiger partial charge in [0.25, 0.3) is 5.56 Å². The molecular weight excluding hydrogens is 434 g/mol. The average molecular weight is 466 g/mol. The molecule has 8 nitrogen and oxygen atoms in total. The van der Waals surface area contributed by atoms with Crippen LogP contribution in [0.15, 0.2) is 9.95 Å². The number of fused-ring (bicyclic) bond motifs is 1. The number of anilines is 1. The first kappa shape index (κ1) is 22.5. The third-order valence-electron chi connectivity index (χ3n) is 5.85. The number of nitrogens with zero attached hydrogens (tertiary/aromatic N) is 4. The number of hydrogen-bond donors (Lipinski definition) is 1. The second-order valence-electron chi connectivity index (χ2n) is 8.40. The maximum absolute atomic E-state index is 13.2. The first-order valence-corrected chi connectivity index (χ1v) is 13.0. The highest BCUT2D eigenvalue weighted by atomic mass is 32.2. The summed E-state index contributed by atoms with van der Waals surface area (Å²) >= 11 is 2.75. The number of aromatic nitrogens is 3. The zero-order valence-corrected chi connectivity index (χ0v) is 19.9. The maximum atomic E-state index is 13.2. The highest BCUT2D eigenvalue weighted by Gasteiger charge is 2.22. The minimum atomic E-state index is -0.0701. The number of amides is 1. The Morgan fingerprint density at radius 2 is 2.10 bits per heavy atom. The summed E-state index contributed by atoms with van der Waals surface area (Å²) in [6.07, 6.45) is 5.27. The van der Waals surface area contributed by atoms with Gasteiger partial charge in [0, 0.05) is 32.8 Å². The molecule has 0 aromatic carbocycles. The van der Waals surface area contributed by atoms with E-state index < -0.39 is 0 Å². The largest absolute Gasteiger partial charge is 0.376 e. The highest BCUT2D eigenvalue weighted by molar-refractivity contribution is 7.99. The molecule has 2 fully saturated rings. The van der Waals surface area contributed by atoms with Gasteiger partial charge in [-0.15, -0.1) is 0 Å². The molecule has 0 bridgehead atoms. The molecule has 1 atom stereocenters. The SMILES string of the molecule is CCCn1c(SCC(=O)NCC2CCCO2)nc2nc(N3CCC(C)CC3)sc2c1=O. The summed E-state index contributed by atoms with van der Waals surface area (Å²) < 4.78 is 7.85. The Hall–Kier alpha value is -1.65. The number of thioether (sulfide) groups is 1. The van der Waals surface area contributed by atoms with E-state index in [0.29, 0.717) is 28.6 Å². The first-order chi connectivity index (χ1) is 15.0.